The Balaban J connectivity index is 1.93. The summed E-state index contributed by atoms with van der Waals surface area (Å²) in [5.74, 6) is 1.78. The predicted molar refractivity (Wildman–Crippen MR) is 77.4 cm³/mol. The van der Waals surface area contributed by atoms with E-state index in [4.69, 9.17) is 4.42 Å². The number of para-hydroxylation sites is 1. The van der Waals surface area contributed by atoms with Gasteiger partial charge in [-0.15, -0.1) is 0 Å². The molecule has 0 aliphatic heterocycles. The van der Waals surface area contributed by atoms with E-state index in [1.54, 1.807) is 18.0 Å². The van der Waals surface area contributed by atoms with E-state index in [1.165, 1.54) is 19.3 Å². The number of hydrogen-bond donors (Lipinski definition) is 0. The second kappa shape index (κ2) is 6.64. The van der Waals surface area contributed by atoms with Crippen LogP contribution in [0.2, 0.25) is 0 Å². The maximum Gasteiger partial charge on any atom is 0.176 e. The first-order chi connectivity index (χ1) is 8.83. The number of rotatable bonds is 7. The summed E-state index contributed by atoms with van der Waals surface area (Å²) in [6.07, 6.45) is 5.25. The molecule has 3 heteroatoms. The van der Waals surface area contributed by atoms with E-state index in [-0.39, 0.29) is 5.78 Å². The Morgan fingerprint density at radius 3 is 2.94 bits per heavy atom. The fourth-order valence-corrected chi connectivity index (χ4v) is 2.78. The first kappa shape index (κ1) is 13.2. The molecule has 18 heavy (non-hydrogen) atoms. The minimum absolute atomic E-state index is 0.168. The fourth-order valence-electron chi connectivity index (χ4n) is 1.89. The van der Waals surface area contributed by atoms with E-state index in [0.29, 0.717) is 11.3 Å². The summed E-state index contributed by atoms with van der Waals surface area (Å²) in [5, 5.41) is 0.927. The van der Waals surface area contributed by atoms with Gasteiger partial charge in [-0.25, -0.2) is 0 Å². The van der Waals surface area contributed by atoms with E-state index in [9.17, 15) is 4.79 Å². The second-order valence-electron chi connectivity index (χ2n) is 4.33. The number of carbonyl (C=O) groups excluding carboxylic acids is 1. The Hall–Kier alpha value is -1.22. The lowest BCUT2D eigenvalue weighted by atomic mass is 10.1. The zero-order chi connectivity index (χ0) is 12.8. The third kappa shape index (κ3) is 3.16. The van der Waals surface area contributed by atoms with Crippen LogP contribution in [-0.4, -0.2) is 17.3 Å². The van der Waals surface area contributed by atoms with Gasteiger partial charge in [0.2, 0.25) is 0 Å². The van der Waals surface area contributed by atoms with Crippen molar-refractivity contribution in [3.8, 4) is 0 Å². The molecule has 1 aromatic heterocycles. The van der Waals surface area contributed by atoms with Crippen LogP contribution in [0.15, 0.2) is 34.9 Å². The van der Waals surface area contributed by atoms with Crippen molar-refractivity contribution in [1.82, 2.24) is 0 Å². The Morgan fingerprint density at radius 1 is 1.28 bits per heavy atom. The molecule has 0 saturated heterocycles. The molecule has 0 spiro atoms. The Bertz CT molecular complexity index is 516. The van der Waals surface area contributed by atoms with E-state index in [0.717, 1.165) is 16.7 Å². The molecule has 0 bridgehead atoms. The van der Waals surface area contributed by atoms with Gasteiger partial charge in [0.25, 0.3) is 0 Å². The fraction of sp³-hybridized carbons (Fsp3) is 0.400. The summed E-state index contributed by atoms with van der Waals surface area (Å²) in [4.78, 5) is 12.1. The van der Waals surface area contributed by atoms with Crippen molar-refractivity contribution in [3.63, 3.8) is 0 Å². The maximum absolute atomic E-state index is 12.1. The molecule has 0 radical (unpaired) electrons. The van der Waals surface area contributed by atoms with Crippen molar-refractivity contribution < 1.29 is 9.21 Å². The molecule has 0 aliphatic rings. The van der Waals surface area contributed by atoms with Gasteiger partial charge in [0.05, 0.1) is 11.3 Å². The number of Topliss-reactive ketones (excluding diaryl/α,β-unsaturated/α-hetero) is 1. The molecule has 0 amide bonds. The molecule has 1 aromatic carbocycles. The normalized spacial score (nSPS) is 10.9. The molecular weight excluding hydrogens is 244 g/mol. The van der Waals surface area contributed by atoms with Gasteiger partial charge < -0.3 is 4.42 Å². The van der Waals surface area contributed by atoms with Gasteiger partial charge in [0, 0.05) is 5.39 Å². The van der Waals surface area contributed by atoms with Crippen molar-refractivity contribution in [3.05, 3.63) is 36.1 Å². The van der Waals surface area contributed by atoms with Crippen LogP contribution in [0.4, 0.5) is 0 Å². The molecule has 2 aromatic rings. The van der Waals surface area contributed by atoms with Gasteiger partial charge in [-0.3, -0.25) is 4.79 Å². The summed E-state index contributed by atoms with van der Waals surface area (Å²) >= 11 is 1.72. The minimum Gasteiger partial charge on any atom is -0.464 e. The second-order valence-corrected chi connectivity index (χ2v) is 5.43. The highest BCUT2D eigenvalue weighted by molar-refractivity contribution is 7.99. The molecule has 0 saturated carbocycles. The highest BCUT2D eigenvalue weighted by Gasteiger charge is 2.12. The van der Waals surface area contributed by atoms with Gasteiger partial charge in [-0.05, 0) is 18.2 Å². The van der Waals surface area contributed by atoms with E-state index in [1.807, 2.05) is 24.3 Å². The zero-order valence-corrected chi connectivity index (χ0v) is 11.5. The van der Waals surface area contributed by atoms with Crippen LogP contribution in [0.5, 0.6) is 0 Å². The van der Waals surface area contributed by atoms with E-state index < -0.39 is 0 Å². The molecule has 2 rings (SSSR count). The van der Waals surface area contributed by atoms with Crippen molar-refractivity contribution >= 4 is 28.5 Å². The Labute approximate surface area is 112 Å². The molecule has 0 unspecified atom stereocenters. The first-order valence-corrected chi connectivity index (χ1v) is 7.55. The molecule has 2 nitrogen and oxygen atoms in total. The molecular formula is C15H18O2S. The molecule has 0 atom stereocenters. The topological polar surface area (TPSA) is 30.2 Å². The third-order valence-corrected chi connectivity index (χ3v) is 3.95. The zero-order valence-electron chi connectivity index (χ0n) is 10.6. The smallest absolute Gasteiger partial charge is 0.176 e. The number of hydrogen-bond acceptors (Lipinski definition) is 3. The minimum atomic E-state index is 0.168. The van der Waals surface area contributed by atoms with Crippen LogP contribution in [0.25, 0.3) is 11.0 Å². The summed E-state index contributed by atoms with van der Waals surface area (Å²) in [5.41, 5.74) is 1.51. The number of unbranched alkanes of at least 4 members (excludes halogenated alkanes) is 2. The van der Waals surface area contributed by atoms with Gasteiger partial charge in [0.1, 0.15) is 11.8 Å². The molecule has 0 aliphatic carbocycles. The van der Waals surface area contributed by atoms with E-state index in [2.05, 4.69) is 6.92 Å². The summed E-state index contributed by atoms with van der Waals surface area (Å²) in [7, 11) is 0. The van der Waals surface area contributed by atoms with Gasteiger partial charge >= 0.3 is 0 Å². The number of furan rings is 1. The lowest BCUT2D eigenvalue weighted by Gasteiger charge is -1.99. The number of thioether (sulfide) groups is 1. The highest BCUT2D eigenvalue weighted by Crippen LogP contribution is 2.22. The van der Waals surface area contributed by atoms with Crippen LogP contribution >= 0.6 is 11.8 Å². The van der Waals surface area contributed by atoms with Crippen molar-refractivity contribution in [2.45, 2.75) is 26.2 Å². The standard InChI is InChI=1S/C15H18O2S/c1-2-3-6-9-18-11-14(16)13-10-17-15-8-5-4-7-12(13)15/h4-5,7-8,10H,2-3,6,9,11H2,1H3. The number of fused-ring (bicyclic) bond motifs is 1. The summed E-state index contributed by atoms with van der Waals surface area (Å²) < 4.78 is 5.38. The molecule has 0 N–H and O–H groups in total. The van der Waals surface area contributed by atoms with Crippen LogP contribution < -0.4 is 0 Å². The Kier molecular flexibility index (Phi) is 4.88. The number of ketones is 1. The Morgan fingerprint density at radius 2 is 2.11 bits per heavy atom. The monoisotopic (exact) mass is 262 g/mol. The lowest BCUT2D eigenvalue weighted by Crippen LogP contribution is -2.02. The van der Waals surface area contributed by atoms with Crippen LogP contribution in [-0.2, 0) is 0 Å². The van der Waals surface area contributed by atoms with Gasteiger partial charge in [-0.2, -0.15) is 11.8 Å². The van der Waals surface area contributed by atoms with Crippen molar-refractivity contribution in [2.24, 2.45) is 0 Å². The SMILES string of the molecule is CCCCCSCC(=O)c1coc2ccccc12. The maximum atomic E-state index is 12.1. The highest BCUT2D eigenvalue weighted by atomic mass is 32.2. The molecule has 1 heterocycles. The van der Waals surface area contributed by atoms with E-state index >= 15 is 0 Å². The summed E-state index contributed by atoms with van der Waals surface area (Å²) in [6.45, 7) is 2.19. The quantitative estimate of drug-likeness (QED) is 0.542. The first-order valence-electron chi connectivity index (χ1n) is 6.40. The molecule has 0 fully saturated rings. The van der Waals surface area contributed by atoms with Gasteiger partial charge in [-0.1, -0.05) is 38.0 Å². The largest absolute Gasteiger partial charge is 0.464 e. The van der Waals surface area contributed by atoms with Crippen LogP contribution in [0.1, 0.15) is 36.5 Å². The number of carbonyl (C=O) groups is 1. The van der Waals surface area contributed by atoms with Gasteiger partial charge in [0.15, 0.2) is 5.78 Å². The predicted octanol–water partition coefficient (Wildman–Crippen LogP) is 4.54. The van der Waals surface area contributed by atoms with Crippen LogP contribution in [0, 0.1) is 0 Å². The lowest BCUT2D eigenvalue weighted by molar-refractivity contribution is 0.102. The van der Waals surface area contributed by atoms with Crippen molar-refractivity contribution in [2.75, 3.05) is 11.5 Å². The average molecular weight is 262 g/mol. The van der Waals surface area contributed by atoms with Crippen LogP contribution in [0.3, 0.4) is 0 Å². The average Bonchev–Trinajstić information content (AvgIpc) is 2.82. The summed E-state index contributed by atoms with van der Waals surface area (Å²) in [6, 6.07) is 7.68. The number of benzene rings is 1. The van der Waals surface area contributed by atoms with Crippen molar-refractivity contribution in [1.29, 1.82) is 0 Å². The molecule has 96 valence electrons. The third-order valence-electron chi connectivity index (χ3n) is 2.91.